The smallest absolute Gasteiger partial charge is 0.230 e. The first-order chi connectivity index (χ1) is 15.1. The van der Waals surface area contributed by atoms with Gasteiger partial charge in [-0.3, -0.25) is 9.69 Å². The Labute approximate surface area is 185 Å². The predicted octanol–water partition coefficient (Wildman–Crippen LogP) is 4.08. The molecule has 1 fully saturated rings. The average molecular weight is 423 g/mol. The lowest BCUT2D eigenvalue weighted by atomic mass is 9.77. The first-order valence-electron chi connectivity index (χ1n) is 11.4. The Hall–Kier alpha value is -2.53. The molecule has 31 heavy (non-hydrogen) atoms. The Balaban J connectivity index is 1.45. The van der Waals surface area contributed by atoms with Gasteiger partial charge in [0.15, 0.2) is 11.5 Å². The number of carbonyl (C=O) groups excluding carboxylic acids is 1. The molecule has 2 aromatic carbocycles. The number of fused-ring (bicyclic) bond motifs is 1. The highest BCUT2D eigenvalue weighted by Gasteiger charge is 2.43. The molecule has 4 rings (SSSR count). The van der Waals surface area contributed by atoms with Crippen LogP contribution in [0, 0.1) is 0 Å². The van der Waals surface area contributed by atoms with Crippen LogP contribution in [-0.4, -0.2) is 44.2 Å². The summed E-state index contributed by atoms with van der Waals surface area (Å²) >= 11 is 0. The molecule has 2 aliphatic rings. The summed E-state index contributed by atoms with van der Waals surface area (Å²) in [7, 11) is 3.28. The van der Waals surface area contributed by atoms with Crippen molar-refractivity contribution in [1.82, 2.24) is 10.2 Å². The summed E-state index contributed by atoms with van der Waals surface area (Å²) in [6.45, 7) is 4.98. The maximum atomic E-state index is 13.6. The quantitative estimate of drug-likeness (QED) is 0.731. The summed E-state index contributed by atoms with van der Waals surface area (Å²) in [5, 5.41) is 3.35. The number of hydrogen-bond acceptors (Lipinski definition) is 4. The van der Waals surface area contributed by atoms with E-state index in [0.29, 0.717) is 11.5 Å². The minimum atomic E-state index is -0.484. The molecule has 166 valence electrons. The zero-order chi connectivity index (χ0) is 21.8. The van der Waals surface area contributed by atoms with E-state index in [1.807, 2.05) is 18.2 Å². The van der Waals surface area contributed by atoms with E-state index in [1.165, 1.54) is 11.1 Å². The topological polar surface area (TPSA) is 50.8 Å². The van der Waals surface area contributed by atoms with Crippen LogP contribution in [0.2, 0.25) is 0 Å². The highest BCUT2D eigenvalue weighted by atomic mass is 16.5. The summed E-state index contributed by atoms with van der Waals surface area (Å²) in [5.74, 6) is 1.51. The van der Waals surface area contributed by atoms with Crippen LogP contribution in [-0.2, 0) is 23.2 Å². The number of methoxy groups -OCH3 is 2. The fraction of sp³-hybridized carbons (Fsp3) is 0.500. The van der Waals surface area contributed by atoms with Crippen LogP contribution in [0.3, 0.4) is 0 Å². The fourth-order valence-corrected chi connectivity index (χ4v) is 5.26. The lowest BCUT2D eigenvalue weighted by molar-refractivity contribution is -0.127. The van der Waals surface area contributed by atoms with Crippen molar-refractivity contribution in [3.05, 3.63) is 59.2 Å². The van der Waals surface area contributed by atoms with E-state index >= 15 is 0 Å². The van der Waals surface area contributed by atoms with Crippen molar-refractivity contribution >= 4 is 5.91 Å². The van der Waals surface area contributed by atoms with Gasteiger partial charge in [0.25, 0.3) is 0 Å². The van der Waals surface area contributed by atoms with Crippen LogP contribution in [0.25, 0.3) is 0 Å². The van der Waals surface area contributed by atoms with Crippen molar-refractivity contribution in [3.63, 3.8) is 0 Å². The van der Waals surface area contributed by atoms with Crippen LogP contribution in [0.15, 0.2) is 42.5 Å². The van der Waals surface area contributed by atoms with Crippen molar-refractivity contribution in [2.75, 3.05) is 27.3 Å². The molecular weight excluding hydrogens is 388 g/mol. The average Bonchev–Trinajstić information content (AvgIpc) is 3.30. The molecule has 1 heterocycles. The highest BCUT2D eigenvalue weighted by molar-refractivity contribution is 5.89. The standard InChI is InChI=1S/C26H34N2O3/c1-19(17-28-15-12-20-8-4-5-9-21(20)18-28)27-25(29)26(13-6-7-14-26)22-10-11-23(30-2)24(16-22)31-3/h4-5,8-11,16,19H,6-7,12-15,17-18H2,1-3H3,(H,27,29). The van der Waals surface area contributed by atoms with Gasteiger partial charge in [-0.25, -0.2) is 0 Å². The number of nitrogens with one attached hydrogen (secondary N) is 1. The lowest BCUT2D eigenvalue weighted by Crippen LogP contribution is -2.50. The minimum Gasteiger partial charge on any atom is -0.493 e. The first-order valence-corrected chi connectivity index (χ1v) is 11.4. The molecule has 5 heteroatoms. The van der Waals surface area contributed by atoms with Gasteiger partial charge in [0.05, 0.1) is 19.6 Å². The Bertz CT molecular complexity index is 921. The van der Waals surface area contributed by atoms with Gasteiger partial charge in [0.2, 0.25) is 5.91 Å². The Morgan fingerprint density at radius 3 is 2.48 bits per heavy atom. The van der Waals surface area contributed by atoms with Gasteiger partial charge in [-0.15, -0.1) is 0 Å². The van der Waals surface area contributed by atoms with Gasteiger partial charge >= 0.3 is 0 Å². The zero-order valence-corrected chi connectivity index (χ0v) is 18.9. The Morgan fingerprint density at radius 2 is 1.77 bits per heavy atom. The van der Waals surface area contributed by atoms with Crippen LogP contribution < -0.4 is 14.8 Å². The molecule has 0 spiro atoms. The van der Waals surface area contributed by atoms with Crippen LogP contribution >= 0.6 is 0 Å². The molecule has 0 bridgehead atoms. The summed E-state index contributed by atoms with van der Waals surface area (Å²) < 4.78 is 10.9. The van der Waals surface area contributed by atoms with Gasteiger partial charge in [0, 0.05) is 25.7 Å². The third-order valence-corrected chi connectivity index (χ3v) is 6.95. The zero-order valence-electron chi connectivity index (χ0n) is 18.9. The third-order valence-electron chi connectivity index (χ3n) is 6.95. The molecule has 1 aliphatic heterocycles. The summed E-state index contributed by atoms with van der Waals surface area (Å²) in [6, 6.07) is 14.7. The Kier molecular flexibility index (Phi) is 6.51. The molecule has 0 radical (unpaired) electrons. The number of hydrogen-bond donors (Lipinski definition) is 1. The summed E-state index contributed by atoms with van der Waals surface area (Å²) in [4.78, 5) is 16.0. The molecule has 5 nitrogen and oxygen atoms in total. The number of carbonyl (C=O) groups is 1. The number of benzene rings is 2. The van der Waals surface area contributed by atoms with Crippen molar-refractivity contribution in [1.29, 1.82) is 0 Å². The second-order valence-corrected chi connectivity index (χ2v) is 8.99. The monoisotopic (exact) mass is 422 g/mol. The predicted molar refractivity (Wildman–Crippen MR) is 123 cm³/mol. The van der Waals surface area contributed by atoms with E-state index in [1.54, 1.807) is 14.2 Å². The molecule has 0 aromatic heterocycles. The third kappa shape index (κ3) is 4.42. The molecule has 1 aliphatic carbocycles. The molecule has 1 saturated carbocycles. The van der Waals surface area contributed by atoms with Gasteiger partial charge in [-0.1, -0.05) is 43.2 Å². The van der Waals surface area contributed by atoms with E-state index in [9.17, 15) is 4.79 Å². The lowest BCUT2D eigenvalue weighted by Gasteiger charge is -2.34. The van der Waals surface area contributed by atoms with Crippen molar-refractivity contribution in [2.24, 2.45) is 0 Å². The number of rotatable bonds is 7. The van der Waals surface area contributed by atoms with Crippen LogP contribution in [0.4, 0.5) is 0 Å². The molecule has 1 atom stereocenters. The summed E-state index contributed by atoms with van der Waals surface area (Å²) in [6.07, 6.45) is 4.96. The van der Waals surface area contributed by atoms with E-state index in [0.717, 1.165) is 57.3 Å². The van der Waals surface area contributed by atoms with E-state index in [-0.39, 0.29) is 11.9 Å². The van der Waals surface area contributed by atoms with Crippen LogP contribution in [0.1, 0.15) is 49.3 Å². The molecule has 1 amide bonds. The van der Waals surface area contributed by atoms with Crippen molar-refractivity contribution < 1.29 is 14.3 Å². The second-order valence-electron chi connectivity index (χ2n) is 8.99. The number of nitrogens with zero attached hydrogens (tertiary/aromatic N) is 1. The fourth-order valence-electron chi connectivity index (χ4n) is 5.26. The maximum absolute atomic E-state index is 13.6. The van der Waals surface area contributed by atoms with Crippen molar-refractivity contribution in [3.8, 4) is 11.5 Å². The molecule has 1 unspecified atom stereocenters. The summed E-state index contributed by atoms with van der Waals surface area (Å²) in [5.41, 5.74) is 3.40. The van der Waals surface area contributed by atoms with Gasteiger partial charge in [-0.05, 0) is 55.0 Å². The molecule has 1 N–H and O–H groups in total. The van der Waals surface area contributed by atoms with E-state index in [4.69, 9.17) is 9.47 Å². The normalized spacial score (nSPS) is 18.8. The first kappa shape index (κ1) is 21.7. The van der Waals surface area contributed by atoms with Gasteiger partial charge < -0.3 is 14.8 Å². The van der Waals surface area contributed by atoms with E-state index < -0.39 is 5.41 Å². The largest absolute Gasteiger partial charge is 0.493 e. The van der Waals surface area contributed by atoms with Gasteiger partial charge in [0.1, 0.15) is 0 Å². The maximum Gasteiger partial charge on any atom is 0.230 e. The highest BCUT2D eigenvalue weighted by Crippen LogP contribution is 2.44. The van der Waals surface area contributed by atoms with Gasteiger partial charge in [-0.2, -0.15) is 0 Å². The minimum absolute atomic E-state index is 0.0929. The molecule has 0 saturated heterocycles. The van der Waals surface area contributed by atoms with Crippen LogP contribution in [0.5, 0.6) is 11.5 Å². The number of ether oxygens (including phenoxy) is 2. The van der Waals surface area contributed by atoms with Crippen molar-refractivity contribution in [2.45, 2.75) is 57.0 Å². The van der Waals surface area contributed by atoms with E-state index in [2.05, 4.69) is 41.4 Å². The molecule has 2 aromatic rings. The number of amides is 1. The SMILES string of the molecule is COc1ccc(C2(C(=O)NC(C)CN3CCc4ccccc4C3)CCCC2)cc1OC. The Morgan fingerprint density at radius 1 is 1.06 bits per heavy atom. The second kappa shape index (κ2) is 9.31. The molecular formula is C26H34N2O3.